The number of benzene rings is 1. The van der Waals surface area contributed by atoms with E-state index in [0.717, 1.165) is 12.0 Å². The Bertz CT molecular complexity index is 627. The van der Waals surface area contributed by atoms with Crippen LogP contribution in [0.4, 0.5) is 4.39 Å². The number of hydrogen-bond donors (Lipinski definition) is 0. The van der Waals surface area contributed by atoms with Crippen molar-refractivity contribution in [2.75, 3.05) is 6.54 Å². The van der Waals surface area contributed by atoms with Gasteiger partial charge in [0.1, 0.15) is 0 Å². The molecule has 0 fully saturated rings. The van der Waals surface area contributed by atoms with Crippen LogP contribution in [0.3, 0.4) is 0 Å². The number of amides is 1. The first kappa shape index (κ1) is 11.8. The molecule has 3 rings (SSSR count). The summed E-state index contributed by atoms with van der Waals surface area (Å²) in [5.74, 6) is -0.904. The van der Waals surface area contributed by atoms with Crippen molar-refractivity contribution in [2.45, 2.75) is 13.0 Å². The highest BCUT2D eigenvalue weighted by molar-refractivity contribution is 5.92. The summed E-state index contributed by atoms with van der Waals surface area (Å²) in [7, 11) is 0. The number of carbonyl (C=O) groups is 1. The zero-order valence-electron chi connectivity index (χ0n) is 10.3. The Balaban J connectivity index is 1.86. The molecule has 0 bridgehead atoms. The van der Waals surface area contributed by atoms with Gasteiger partial charge in [-0.3, -0.25) is 4.79 Å². The van der Waals surface area contributed by atoms with Gasteiger partial charge in [0.15, 0.2) is 11.5 Å². The van der Waals surface area contributed by atoms with Crippen LogP contribution in [0.1, 0.15) is 21.6 Å². The second kappa shape index (κ2) is 4.80. The average Bonchev–Trinajstić information content (AvgIpc) is 2.46. The van der Waals surface area contributed by atoms with Crippen molar-refractivity contribution in [3.63, 3.8) is 0 Å². The van der Waals surface area contributed by atoms with Crippen molar-refractivity contribution in [3.8, 4) is 0 Å². The molecule has 0 unspecified atom stereocenters. The van der Waals surface area contributed by atoms with Crippen molar-refractivity contribution in [1.82, 2.24) is 9.88 Å². The first-order chi connectivity index (χ1) is 9.25. The summed E-state index contributed by atoms with van der Waals surface area (Å²) in [5.41, 5.74) is 2.29. The highest BCUT2D eigenvalue weighted by Crippen LogP contribution is 2.20. The Morgan fingerprint density at radius 3 is 2.74 bits per heavy atom. The van der Waals surface area contributed by atoms with Crippen LogP contribution in [-0.2, 0) is 13.0 Å². The van der Waals surface area contributed by atoms with Gasteiger partial charge in [0.2, 0.25) is 0 Å². The summed E-state index contributed by atoms with van der Waals surface area (Å²) >= 11 is 0. The molecule has 0 N–H and O–H groups in total. The number of halogens is 1. The van der Waals surface area contributed by atoms with Crippen LogP contribution in [0.2, 0.25) is 0 Å². The largest absolute Gasteiger partial charge is 0.333 e. The van der Waals surface area contributed by atoms with Crippen molar-refractivity contribution in [1.29, 1.82) is 0 Å². The lowest BCUT2D eigenvalue weighted by Crippen LogP contribution is -2.36. The maximum Gasteiger partial charge on any atom is 0.275 e. The fraction of sp³-hybridized carbons (Fsp3) is 0.200. The van der Waals surface area contributed by atoms with Crippen LogP contribution >= 0.6 is 0 Å². The number of carbonyl (C=O) groups excluding carboxylic acids is 1. The van der Waals surface area contributed by atoms with E-state index in [0.29, 0.717) is 13.1 Å². The number of pyridine rings is 1. The van der Waals surface area contributed by atoms with Gasteiger partial charge < -0.3 is 4.90 Å². The quantitative estimate of drug-likeness (QED) is 0.785. The number of fused-ring (bicyclic) bond motifs is 1. The Labute approximate surface area is 110 Å². The molecule has 0 saturated heterocycles. The molecule has 1 amide bonds. The maximum atomic E-state index is 13.6. The number of rotatable bonds is 1. The molecule has 2 heterocycles. The lowest BCUT2D eigenvalue weighted by molar-refractivity contribution is 0.0723. The van der Waals surface area contributed by atoms with E-state index in [1.807, 2.05) is 18.2 Å². The van der Waals surface area contributed by atoms with E-state index in [4.69, 9.17) is 0 Å². The molecule has 0 radical (unpaired) electrons. The van der Waals surface area contributed by atoms with Crippen LogP contribution in [-0.4, -0.2) is 22.3 Å². The summed E-state index contributed by atoms with van der Waals surface area (Å²) in [6.45, 7) is 1.12. The maximum absolute atomic E-state index is 13.6. The van der Waals surface area contributed by atoms with Crippen LogP contribution in [0.15, 0.2) is 42.6 Å². The minimum Gasteiger partial charge on any atom is -0.333 e. The molecule has 1 aromatic carbocycles. The fourth-order valence-electron chi connectivity index (χ4n) is 2.36. The van der Waals surface area contributed by atoms with Crippen molar-refractivity contribution < 1.29 is 9.18 Å². The summed E-state index contributed by atoms with van der Waals surface area (Å²) in [6.07, 6.45) is 2.24. The Hall–Kier alpha value is -2.23. The Morgan fingerprint density at radius 2 is 1.95 bits per heavy atom. The zero-order chi connectivity index (χ0) is 13.2. The Morgan fingerprint density at radius 1 is 1.16 bits per heavy atom. The second-order valence-corrected chi connectivity index (χ2v) is 4.58. The molecule has 1 aliphatic heterocycles. The van der Waals surface area contributed by atoms with Gasteiger partial charge in [-0.25, -0.2) is 9.37 Å². The van der Waals surface area contributed by atoms with Gasteiger partial charge in [-0.2, -0.15) is 0 Å². The predicted octanol–water partition coefficient (Wildman–Crippen LogP) is 2.42. The third-order valence-electron chi connectivity index (χ3n) is 3.38. The molecule has 3 nitrogen and oxygen atoms in total. The number of hydrogen-bond acceptors (Lipinski definition) is 2. The third-order valence-corrected chi connectivity index (χ3v) is 3.38. The van der Waals surface area contributed by atoms with Gasteiger partial charge in [-0.15, -0.1) is 0 Å². The molecular weight excluding hydrogens is 243 g/mol. The first-order valence-corrected chi connectivity index (χ1v) is 6.22. The average molecular weight is 256 g/mol. The van der Waals surface area contributed by atoms with Gasteiger partial charge in [0, 0.05) is 19.3 Å². The molecule has 0 aliphatic carbocycles. The minimum atomic E-state index is -0.564. The molecule has 4 heteroatoms. The molecule has 2 aromatic rings. The molecule has 0 atom stereocenters. The van der Waals surface area contributed by atoms with E-state index in [-0.39, 0.29) is 11.6 Å². The van der Waals surface area contributed by atoms with Crippen molar-refractivity contribution in [3.05, 3.63) is 65.2 Å². The van der Waals surface area contributed by atoms with E-state index in [9.17, 15) is 9.18 Å². The summed E-state index contributed by atoms with van der Waals surface area (Å²) in [4.78, 5) is 17.7. The van der Waals surface area contributed by atoms with E-state index in [1.54, 1.807) is 4.90 Å². The molecule has 19 heavy (non-hydrogen) atoms. The molecule has 0 saturated carbocycles. The van der Waals surface area contributed by atoms with Crippen LogP contribution in [0, 0.1) is 5.82 Å². The van der Waals surface area contributed by atoms with Gasteiger partial charge in [-0.05, 0) is 29.7 Å². The van der Waals surface area contributed by atoms with E-state index < -0.39 is 5.82 Å². The third kappa shape index (κ3) is 2.21. The van der Waals surface area contributed by atoms with Crippen LogP contribution in [0.25, 0.3) is 0 Å². The lowest BCUT2D eigenvalue weighted by atomic mass is 10.00. The van der Waals surface area contributed by atoms with E-state index in [1.165, 1.54) is 23.9 Å². The lowest BCUT2D eigenvalue weighted by Gasteiger charge is -2.28. The van der Waals surface area contributed by atoms with Gasteiger partial charge in [0.05, 0.1) is 0 Å². The zero-order valence-corrected chi connectivity index (χ0v) is 10.3. The van der Waals surface area contributed by atoms with Crippen molar-refractivity contribution in [2.24, 2.45) is 0 Å². The molecule has 0 spiro atoms. The van der Waals surface area contributed by atoms with Gasteiger partial charge >= 0.3 is 0 Å². The monoisotopic (exact) mass is 256 g/mol. The summed E-state index contributed by atoms with van der Waals surface area (Å²) in [6, 6.07) is 10.8. The smallest absolute Gasteiger partial charge is 0.275 e. The molecular formula is C15H13FN2O. The fourth-order valence-corrected chi connectivity index (χ4v) is 2.36. The minimum absolute atomic E-state index is 0.0955. The highest BCUT2D eigenvalue weighted by atomic mass is 19.1. The second-order valence-electron chi connectivity index (χ2n) is 4.58. The van der Waals surface area contributed by atoms with E-state index >= 15 is 0 Å². The van der Waals surface area contributed by atoms with Crippen molar-refractivity contribution >= 4 is 5.91 Å². The predicted molar refractivity (Wildman–Crippen MR) is 69.1 cm³/mol. The van der Waals surface area contributed by atoms with E-state index in [2.05, 4.69) is 11.1 Å². The molecule has 96 valence electrons. The molecule has 1 aromatic heterocycles. The van der Waals surface area contributed by atoms with Crippen LogP contribution in [0.5, 0.6) is 0 Å². The van der Waals surface area contributed by atoms with Gasteiger partial charge in [0.25, 0.3) is 5.91 Å². The Kier molecular flexibility index (Phi) is 2.99. The first-order valence-electron chi connectivity index (χ1n) is 6.22. The number of aromatic nitrogens is 1. The standard InChI is InChI=1S/C15H13FN2O/c16-13-6-3-8-17-14(13)15(19)18-9-7-11-4-1-2-5-12(11)10-18/h1-6,8H,7,9-10H2. The van der Waals surface area contributed by atoms with Crippen LogP contribution < -0.4 is 0 Å². The van der Waals surface area contributed by atoms with Gasteiger partial charge in [-0.1, -0.05) is 24.3 Å². The topological polar surface area (TPSA) is 33.2 Å². The normalized spacial score (nSPS) is 14.1. The highest BCUT2D eigenvalue weighted by Gasteiger charge is 2.24. The number of nitrogens with zero attached hydrogens (tertiary/aromatic N) is 2. The summed E-state index contributed by atoms with van der Waals surface area (Å²) in [5, 5.41) is 0. The molecule has 1 aliphatic rings. The summed E-state index contributed by atoms with van der Waals surface area (Å²) < 4.78 is 13.6. The SMILES string of the molecule is O=C(c1ncccc1F)N1CCc2ccccc2C1.